The number of nitrogens with one attached hydrogen (secondary N) is 1. The first kappa shape index (κ1) is 15.6. The number of hydrogen-bond acceptors (Lipinski definition) is 3. The van der Waals surface area contributed by atoms with E-state index < -0.39 is 0 Å². The molecule has 2 aromatic heterocycles. The van der Waals surface area contributed by atoms with Gasteiger partial charge in [-0.25, -0.2) is 0 Å². The molecule has 0 amide bonds. The molecule has 0 fully saturated rings. The molecule has 3 atom stereocenters. The quantitative estimate of drug-likeness (QED) is 0.730. The smallest absolute Gasteiger partial charge is 0.126 e. The van der Waals surface area contributed by atoms with E-state index in [4.69, 9.17) is 16.0 Å². The number of thiophene rings is 1. The monoisotopic (exact) mass is 311 g/mol. The molecular formula is C16H22ClNOS. The first-order chi connectivity index (χ1) is 9.60. The minimum Gasteiger partial charge on any atom is -0.467 e. The van der Waals surface area contributed by atoms with Crippen molar-refractivity contribution >= 4 is 22.9 Å². The van der Waals surface area contributed by atoms with Crippen molar-refractivity contribution in [3.63, 3.8) is 0 Å². The zero-order valence-electron chi connectivity index (χ0n) is 12.2. The number of hydrogen-bond donors (Lipinski definition) is 1. The van der Waals surface area contributed by atoms with E-state index in [0.29, 0.717) is 6.04 Å². The zero-order valence-corrected chi connectivity index (χ0v) is 13.8. The van der Waals surface area contributed by atoms with Gasteiger partial charge < -0.3 is 9.73 Å². The summed E-state index contributed by atoms with van der Waals surface area (Å²) in [6.45, 7) is 6.76. The van der Waals surface area contributed by atoms with Gasteiger partial charge in [-0.2, -0.15) is 0 Å². The van der Waals surface area contributed by atoms with Gasteiger partial charge in [-0.15, -0.1) is 11.3 Å². The van der Waals surface area contributed by atoms with Crippen LogP contribution in [0.15, 0.2) is 34.9 Å². The number of halogens is 1. The highest BCUT2D eigenvalue weighted by Gasteiger charge is 2.21. The molecular weight excluding hydrogens is 290 g/mol. The predicted molar refractivity (Wildman–Crippen MR) is 86.5 cm³/mol. The number of rotatable bonds is 7. The molecule has 0 aromatic carbocycles. The predicted octanol–water partition coefficient (Wildman–Crippen LogP) is 5.50. The Balaban J connectivity index is 2.12. The fraction of sp³-hybridized carbons (Fsp3) is 0.500. The molecule has 2 nitrogen and oxygen atoms in total. The molecule has 1 N–H and O–H groups in total. The fourth-order valence-electron chi connectivity index (χ4n) is 2.37. The van der Waals surface area contributed by atoms with Crippen LogP contribution in [-0.2, 0) is 0 Å². The summed E-state index contributed by atoms with van der Waals surface area (Å²) in [5, 5.41) is 3.67. The molecule has 0 radical (unpaired) electrons. The van der Waals surface area contributed by atoms with Crippen LogP contribution in [0.2, 0.25) is 4.34 Å². The second-order valence-electron chi connectivity index (χ2n) is 5.41. The van der Waals surface area contributed by atoms with Gasteiger partial charge in [-0.05, 0) is 43.5 Å². The molecule has 0 saturated heterocycles. The lowest BCUT2D eigenvalue weighted by atomic mass is 9.99. The Morgan fingerprint density at radius 1 is 1.30 bits per heavy atom. The molecule has 0 aliphatic carbocycles. The summed E-state index contributed by atoms with van der Waals surface area (Å²) < 4.78 is 6.41. The van der Waals surface area contributed by atoms with Gasteiger partial charge in [-0.3, -0.25) is 0 Å². The third kappa shape index (κ3) is 4.11. The Kier molecular flexibility index (Phi) is 5.70. The van der Waals surface area contributed by atoms with Crippen LogP contribution in [-0.4, -0.2) is 6.04 Å². The molecule has 3 unspecified atom stereocenters. The molecule has 0 saturated carbocycles. The molecule has 0 bridgehead atoms. The summed E-state index contributed by atoms with van der Waals surface area (Å²) in [7, 11) is 0. The molecule has 0 aliphatic rings. The van der Waals surface area contributed by atoms with Crippen LogP contribution in [0.3, 0.4) is 0 Å². The highest BCUT2D eigenvalue weighted by Crippen LogP contribution is 2.32. The Bertz CT molecular complexity index is 508. The summed E-state index contributed by atoms with van der Waals surface area (Å²) in [5.74, 6) is 1.67. The van der Waals surface area contributed by atoms with Crippen LogP contribution in [0.25, 0.3) is 0 Å². The molecule has 2 aromatic rings. The maximum Gasteiger partial charge on any atom is 0.126 e. The van der Waals surface area contributed by atoms with Crippen LogP contribution in [0, 0.1) is 5.92 Å². The van der Waals surface area contributed by atoms with Gasteiger partial charge >= 0.3 is 0 Å². The van der Waals surface area contributed by atoms with E-state index in [0.717, 1.165) is 22.4 Å². The normalized spacial score (nSPS) is 16.0. The SMILES string of the molecule is CCC(C)CC(C)NC(c1ccco1)c1ccc(Cl)s1. The van der Waals surface area contributed by atoms with Gasteiger partial charge in [0.25, 0.3) is 0 Å². The van der Waals surface area contributed by atoms with Crippen molar-refractivity contribution in [1.82, 2.24) is 5.32 Å². The first-order valence-electron chi connectivity index (χ1n) is 7.14. The van der Waals surface area contributed by atoms with Crippen LogP contribution >= 0.6 is 22.9 Å². The zero-order chi connectivity index (χ0) is 14.5. The average molecular weight is 312 g/mol. The molecule has 4 heteroatoms. The van der Waals surface area contributed by atoms with E-state index in [2.05, 4.69) is 32.2 Å². The lowest BCUT2D eigenvalue weighted by Crippen LogP contribution is -2.32. The maximum atomic E-state index is 6.07. The molecule has 110 valence electrons. The Morgan fingerprint density at radius 3 is 2.65 bits per heavy atom. The second-order valence-corrected chi connectivity index (χ2v) is 7.15. The van der Waals surface area contributed by atoms with Gasteiger partial charge in [-0.1, -0.05) is 31.9 Å². The van der Waals surface area contributed by atoms with Crippen LogP contribution in [0.5, 0.6) is 0 Å². The molecule has 20 heavy (non-hydrogen) atoms. The van der Waals surface area contributed by atoms with E-state index in [1.807, 2.05) is 18.2 Å². The van der Waals surface area contributed by atoms with Gasteiger partial charge in [0.1, 0.15) is 11.8 Å². The lowest BCUT2D eigenvalue weighted by Gasteiger charge is -2.23. The fourth-order valence-corrected chi connectivity index (χ4v) is 3.50. The third-order valence-electron chi connectivity index (χ3n) is 3.61. The largest absolute Gasteiger partial charge is 0.467 e. The van der Waals surface area contributed by atoms with Gasteiger partial charge in [0.05, 0.1) is 10.6 Å². The summed E-state index contributed by atoms with van der Waals surface area (Å²) >= 11 is 7.67. The minimum absolute atomic E-state index is 0.0848. The third-order valence-corrected chi connectivity index (χ3v) is 4.91. The van der Waals surface area contributed by atoms with E-state index in [1.165, 1.54) is 11.3 Å². The molecule has 0 aliphatic heterocycles. The van der Waals surface area contributed by atoms with Crippen molar-refractivity contribution in [2.24, 2.45) is 5.92 Å². The van der Waals surface area contributed by atoms with Gasteiger partial charge in [0.15, 0.2) is 0 Å². The Morgan fingerprint density at radius 2 is 2.10 bits per heavy atom. The van der Waals surface area contributed by atoms with Crippen molar-refractivity contribution in [3.05, 3.63) is 45.5 Å². The molecule has 0 spiro atoms. The first-order valence-corrected chi connectivity index (χ1v) is 8.34. The minimum atomic E-state index is 0.0848. The summed E-state index contributed by atoms with van der Waals surface area (Å²) in [4.78, 5) is 1.20. The van der Waals surface area contributed by atoms with E-state index in [1.54, 1.807) is 17.6 Å². The number of furan rings is 1. The summed E-state index contributed by atoms with van der Waals surface area (Å²) in [5.41, 5.74) is 0. The van der Waals surface area contributed by atoms with E-state index in [9.17, 15) is 0 Å². The topological polar surface area (TPSA) is 25.2 Å². The lowest BCUT2D eigenvalue weighted by molar-refractivity contribution is 0.367. The average Bonchev–Trinajstić information content (AvgIpc) is 3.07. The summed E-state index contributed by atoms with van der Waals surface area (Å²) in [6, 6.07) is 8.48. The second kappa shape index (κ2) is 7.30. The van der Waals surface area contributed by atoms with E-state index >= 15 is 0 Å². The van der Waals surface area contributed by atoms with Crippen LogP contribution in [0.1, 0.15) is 50.3 Å². The molecule has 2 rings (SSSR count). The van der Waals surface area contributed by atoms with Gasteiger partial charge in [0, 0.05) is 10.9 Å². The highest BCUT2D eigenvalue weighted by atomic mass is 35.5. The van der Waals surface area contributed by atoms with Gasteiger partial charge in [0.2, 0.25) is 0 Å². The highest BCUT2D eigenvalue weighted by molar-refractivity contribution is 7.16. The Labute approximate surface area is 130 Å². The Hall–Kier alpha value is -0.770. The van der Waals surface area contributed by atoms with Crippen molar-refractivity contribution in [1.29, 1.82) is 0 Å². The molecule has 2 heterocycles. The maximum absolute atomic E-state index is 6.07. The van der Waals surface area contributed by atoms with Crippen LogP contribution in [0.4, 0.5) is 0 Å². The van der Waals surface area contributed by atoms with E-state index in [-0.39, 0.29) is 6.04 Å². The van der Waals surface area contributed by atoms with Crippen molar-refractivity contribution < 1.29 is 4.42 Å². The van der Waals surface area contributed by atoms with Crippen LogP contribution < -0.4 is 5.32 Å². The van der Waals surface area contributed by atoms with Crippen molar-refractivity contribution in [2.75, 3.05) is 0 Å². The summed E-state index contributed by atoms with van der Waals surface area (Å²) in [6.07, 6.45) is 4.09. The van der Waals surface area contributed by atoms with Crippen molar-refractivity contribution in [3.8, 4) is 0 Å². The standard InChI is InChI=1S/C16H22ClNOS/c1-4-11(2)10-12(3)18-16(13-6-5-9-19-13)14-7-8-15(17)20-14/h5-9,11-12,16,18H,4,10H2,1-3H3. The van der Waals surface area contributed by atoms with Crippen molar-refractivity contribution in [2.45, 2.75) is 45.7 Å².